The van der Waals surface area contributed by atoms with Crippen molar-refractivity contribution < 1.29 is 4.79 Å². The first-order valence-corrected chi connectivity index (χ1v) is 6.67. The number of carbonyl (C=O) groups is 1. The maximum atomic E-state index is 12.4. The Bertz CT molecular complexity index is 584. The first-order chi connectivity index (χ1) is 9.28. The zero-order valence-corrected chi connectivity index (χ0v) is 11.0. The highest BCUT2D eigenvalue weighted by molar-refractivity contribution is 5.97. The number of H-pyrrole nitrogens is 1. The summed E-state index contributed by atoms with van der Waals surface area (Å²) in [5, 5.41) is 11.1. The Morgan fingerprint density at radius 2 is 2.21 bits per heavy atom. The van der Waals surface area contributed by atoms with Gasteiger partial charge in [-0.15, -0.1) is 0 Å². The van der Waals surface area contributed by atoms with Crippen molar-refractivity contribution in [3.8, 4) is 0 Å². The average molecular weight is 258 g/mol. The molecule has 0 unspecified atom stereocenters. The van der Waals surface area contributed by atoms with Gasteiger partial charge in [0.05, 0.1) is 11.7 Å². The zero-order chi connectivity index (χ0) is 13.2. The standard InChI is InChI=1S/C14H18N4O/c1-15-12-4-6-18(7-5-12)14(19)10-2-3-13-11(8-10)9-16-17-13/h2-3,8-9,12,15H,4-7H2,1H3,(H,16,17). The number of aromatic amines is 1. The molecule has 2 aromatic rings. The molecule has 0 bridgehead atoms. The van der Waals surface area contributed by atoms with Crippen LogP contribution in [0, 0.1) is 0 Å². The van der Waals surface area contributed by atoms with Gasteiger partial charge in [0.25, 0.3) is 5.91 Å². The van der Waals surface area contributed by atoms with Gasteiger partial charge >= 0.3 is 0 Å². The number of carbonyl (C=O) groups excluding carboxylic acids is 1. The third kappa shape index (κ3) is 2.33. The third-order valence-electron chi connectivity index (χ3n) is 3.88. The van der Waals surface area contributed by atoms with Crippen LogP contribution in [0.25, 0.3) is 10.9 Å². The Labute approximate surface area is 112 Å². The molecule has 1 aromatic carbocycles. The van der Waals surface area contributed by atoms with E-state index in [1.54, 1.807) is 6.20 Å². The zero-order valence-electron chi connectivity index (χ0n) is 11.0. The van der Waals surface area contributed by atoms with E-state index in [0.29, 0.717) is 6.04 Å². The van der Waals surface area contributed by atoms with E-state index >= 15 is 0 Å². The number of likely N-dealkylation sites (tertiary alicyclic amines) is 1. The fourth-order valence-electron chi connectivity index (χ4n) is 2.63. The lowest BCUT2D eigenvalue weighted by atomic mass is 10.0. The Hall–Kier alpha value is -1.88. The molecule has 19 heavy (non-hydrogen) atoms. The van der Waals surface area contributed by atoms with Crippen molar-refractivity contribution in [3.63, 3.8) is 0 Å². The van der Waals surface area contributed by atoms with Crippen LogP contribution in [0.2, 0.25) is 0 Å². The molecule has 100 valence electrons. The van der Waals surface area contributed by atoms with Crippen LogP contribution in [0.15, 0.2) is 24.4 Å². The first-order valence-electron chi connectivity index (χ1n) is 6.67. The van der Waals surface area contributed by atoms with Crippen molar-refractivity contribution >= 4 is 16.8 Å². The molecule has 0 radical (unpaired) electrons. The molecule has 0 atom stereocenters. The van der Waals surface area contributed by atoms with E-state index in [4.69, 9.17) is 0 Å². The van der Waals surface area contributed by atoms with Gasteiger partial charge in [0, 0.05) is 30.1 Å². The molecule has 5 nitrogen and oxygen atoms in total. The van der Waals surface area contributed by atoms with Crippen molar-refractivity contribution in [1.29, 1.82) is 0 Å². The van der Waals surface area contributed by atoms with Crippen LogP contribution < -0.4 is 5.32 Å². The molecule has 3 rings (SSSR count). The van der Waals surface area contributed by atoms with Crippen LogP contribution in [0.5, 0.6) is 0 Å². The fraction of sp³-hybridized carbons (Fsp3) is 0.429. The van der Waals surface area contributed by atoms with Crippen molar-refractivity contribution in [2.75, 3.05) is 20.1 Å². The second-order valence-corrected chi connectivity index (χ2v) is 5.03. The molecule has 1 aliphatic rings. The number of benzene rings is 1. The predicted molar refractivity (Wildman–Crippen MR) is 74.1 cm³/mol. The van der Waals surface area contributed by atoms with Crippen LogP contribution in [-0.2, 0) is 0 Å². The molecule has 0 aliphatic carbocycles. The summed E-state index contributed by atoms with van der Waals surface area (Å²) in [6, 6.07) is 6.23. The van der Waals surface area contributed by atoms with E-state index in [1.807, 2.05) is 30.1 Å². The predicted octanol–water partition coefficient (Wildman–Crippen LogP) is 1.39. The second kappa shape index (κ2) is 5.01. The van der Waals surface area contributed by atoms with Gasteiger partial charge in [-0.1, -0.05) is 0 Å². The number of fused-ring (bicyclic) bond motifs is 1. The number of hydrogen-bond donors (Lipinski definition) is 2. The molecule has 1 aliphatic heterocycles. The van der Waals surface area contributed by atoms with Gasteiger partial charge in [0.1, 0.15) is 0 Å². The van der Waals surface area contributed by atoms with Crippen LogP contribution in [-0.4, -0.2) is 47.2 Å². The van der Waals surface area contributed by atoms with Gasteiger partial charge in [0.15, 0.2) is 0 Å². The molecule has 0 saturated carbocycles. The Kier molecular flexibility index (Phi) is 3.21. The van der Waals surface area contributed by atoms with Gasteiger partial charge in [-0.2, -0.15) is 5.10 Å². The van der Waals surface area contributed by atoms with E-state index in [0.717, 1.165) is 42.4 Å². The fourth-order valence-corrected chi connectivity index (χ4v) is 2.63. The van der Waals surface area contributed by atoms with Crippen molar-refractivity contribution in [2.24, 2.45) is 0 Å². The van der Waals surface area contributed by atoms with Gasteiger partial charge in [-0.25, -0.2) is 0 Å². The minimum absolute atomic E-state index is 0.123. The summed E-state index contributed by atoms with van der Waals surface area (Å²) in [4.78, 5) is 14.4. The van der Waals surface area contributed by atoms with Crippen molar-refractivity contribution in [3.05, 3.63) is 30.0 Å². The SMILES string of the molecule is CNC1CCN(C(=O)c2ccc3[nH]ncc3c2)CC1. The smallest absolute Gasteiger partial charge is 0.253 e. The minimum Gasteiger partial charge on any atom is -0.339 e. The topological polar surface area (TPSA) is 61.0 Å². The highest BCUT2D eigenvalue weighted by atomic mass is 16.2. The number of nitrogens with zero attached hydrogens (tertiary/aromatic N) is 2. The largest absolute Gasteiger partial charge is 0.339 e. The van der Waals surface area contributed by atoms with Crippen LogP contribution in [0.3, 0.4) is 0 Å². The minimum atomic E-state index is 0.123. The molecule has 2 heterocycles. The third-order valence-corrected chi connectivity index (χ3v) is 3.88. The lowest BCUT2D eigenvalue weighted by Gasteiger charge is -2.31. The number of nitrogens with one attached hydrogen (secondary N) is 2. The van der Waals surface area contributed by atoms with Gasteiger partial charge < -0.3 is 10.2 Å². The van der Waals surface area contributed by atoms with Crippen LogP contribution in [0.4, 0.5) is 0 Å². The number of hydrogen-bond acceptors (Lipinski definition) is 3. The lowest BCUT2D eigenvalue weighted by molar-refractivity contribution is 0.0707. The summed E-state index contributed by atoms with van der Waals surface area (Å²) >= 11 is 0. The van der Waals surface area contributed by atoms with E-state index in [1.165, 1.54) is 0 Å². The molecule has 1 fully saturated rings. The highest BCUT2D eigenvalue weighted by Crippen LogP contribution is 2.17. The summed E-state index contributed by atoms with van der Waals surface area (Å²) in [6.45, 7) is 1.65. The van der Waals surface area contributed by atoms with Crippen LogP contribution >= 0.6 is 0 Å². The van der Waals surface area contributed by atoms with Crippen LogP contribution in [0.1, 0.15) is 23.2 Å². The number of amides is 1. The van der Waals surface area contributed by atoms with Gasteiger partial charge in [0.2, 0.25) is 0 Å². The molecule has 1 aromatic heterocycles. The molecule has 1 saturated heterocycles. The normalized spacial score (nSPS) is 17.0. The number of rotatable bonds is 2. The number of aromatic nitrogens is 2. The lowest BCUT2D eigenvalue weighted by Crippen LogP contribution is -2.43. The maximum absolute atomic E-state index is 12.4. The monoisotopic (exact) mass is 258 g/mol. The van der Waals surface area contributed by atoms with E-state index < -0.39 is 0 Å². The highest BCUT2D eigenvalue weighted by Gasteiger charge is 2.22. The van der Waals surface area contributed by atoms with Crippen molar-refractivity contribution in [2.45, 2.75) is 18.9 Å². The molecule has 5 heteroatoms. The van der Waals surface area contributed by atoms with E-state index in [9.17, 15) is 4.79 Å². The molecule has 0 spiro atoms. The summed E-state index contributed by atoms with van der Waals surface area (Å²) in [6.07, 6.45) is 3.80. The summed E-state index contributed by atoms with van der Waals surface area (Å²) < 4.78 is 0. The maximum Gasteiger partial charge on any atom is 0.253 e. The second-order valence-electron chi connectivity index (χ2n) is 5.03. The van der Waals surface area contributed by atoms with Gasteiger partial charge in [-0.3, -0.25) is 9.89 Å². The number of piperidine rings is 1. The Morgan fingerprint density at radius 3 is 2.95 bits per heavy atom. The van der Waals surface area contributed by atoms with E-state index in [-0.39, 0.29) is 5.91 Å². The summed E-state index contributed by atoms with van der Waals surface area (Å²) in [5.41, 5.74) is 1.71. The Balaban J connectivity index is 1.76. The van der Waals surface area contributed by atoms with Gasteiger partial charge in [-0.05, 0) is 38.1 Å². The molecular formula is C14H18N4O. The average Bonchev–Trinajstić information content (AvgIpc) is 2.94. The van der Waals surface area contributed by atoms with Crippen molar-refractivity contribution in [1.82, 2.24) is 20.4 Å². The summed E-state index contributed by atoms with van der Waals surface area (Å²) in [5.74, 6) is 0.123. The summed E-state index contributed by atoms with van der Waals surface area (Å²) in [7, 11) is 1.98. The first kappa shape index (κ1) is 12.2. The van der Waals surface area contributed by atoms with E-state index in [2.05, 4.69) is 15.5 Å². The molecular weight excluding hydrogens is 240 g/mol. The quantitative estimate of drug-likeness (QED) is 0.855. The Morgan fingerprint density at radius 1 is 1.42 bits per heavy atom. The molecule has 1 amide bonds. The molecule has 2 N–H and O–H groups in total.